The van der Waals surface area contributed by atoms with Crippen molar-refractivity contribution in [2.75, 3.05) is 32.0 Å². The lowest BCUT2D eigenvalue weighted by Gasteiger charge is -2.37. The molecule has 0 aromatic heterocycles. The molecule has 0 amide bonds. The smallest absolute Gasteiger partial charge is 0.0552 e. The maximum atomic E-state index is 4.70. The minimum Gasteiger partial charge on any atom is -0.359 e. The van der Waals surface area contributed by atoms with Gasteiger partial charge in [-0.05, 0) is 125 Å². The predicted molar refractivity (Wildman–Crippen MR) is 230 cm³/mol. The first-order chi connectivity index (χ1) is 25.1. The lowest BCUT2D eigenvalue weighted by atomic mass is 9.65. The summed E-state index contributed by atoms with van der Waals surface area (Å²) in [5, 5.41) is 7.15. The van der Waals surface area contributed by atoms with Crippen LogP contribution in [-0.2, 0) is 18.4 Å². The number of nitrogens with zero attached hydrogens (tertiary/aromatic N) is 1. The zero-order valence-electron chi connectivity index (χ0n) is 32.5. The molecule has 0 spiro atoms. The van der Waals surface area contributed by atoms with E-state index in [1.54, 1.807) is 11.8 Å². The molecule has 0 saturated heterocycles. The Kier molecular flexibility index (Phi) is 15.8. The van der Waals surface area contributed by atoms with E-state index in [-0.39, 0.29) is 5.41 Å². The standard InChI is InChI=1S/C48H61N3S/c1-10-41(34-38(6)48(11-2,44-18-14-12-15-19-44)45-20-16-13-17-21-45)30-33-51(9)32-29-39(7)50-46-26-23-42(24-27-46)35-49-31-28-43-25-22-37(5)40(8)47(43)52-36(3)4/h10-16,18-20,22-27,49-50H,2-3,6-7,17,21,28-35H2,1,4-5,8-9H3/b41-10-. The van der Waals surface area contributed by atoms with Crippen LogP contribution in [0.25, 0.3) is 0 Å². The highest BCUT2D eigenvalue weighted by Crippen LogP contribution is 2.45. The molecule has 1 aliphatic rings. The zero-order valence-corrected chi connectivity index (χ0v) is 33.3. The topological polar surface area (TPSA) is 27.3 Å². The lowest BCUT2D eigenvalue weighted by Crippen LogP contribution is -2.29. The number of rotatable bonds is 21. The quantitative estimate of drug-likeness (QED) is 0.0653. The molecule has 52 heavy (non-hydrogen) atoms. The first-order valence-corrected chi connectivity index (χ1v) is 19.6. The van der Waals surface area contributed by atoms with Gasteiger partial charge in [-0.3, -0.25) is 0 Å². The van der Waals surface area contributed by atoms with Crippen LogP contribution in [0.3, 0.4) is 0 Å². The summed E-state index contributed by atoms with van der Waals surface area (Å²) in [4.78, 5) is 4.89. The number of thioether (sulfide) groups is 1. The summed E-state index contributed by atoms with van der Waals surface area (Å²) < 4.78 is 0. The number of nitrogens with one attached hydrogen (secondary N) is 2. The third-order valence-electron chi connectivity index (χ3n) is 10.3. The van der Waals surface area contributed by atoms with Gasteiger partial charge in [-0.15, -0.1) is 6.58 Å². The summed E-state index contributed by atoms with van der Waals surface area (Å²) in [6.45, 7) is 29.8. The highest BCUT2D eigenvalue weighted by molar-refractivity contribution is 8.03. The highest BCUT2D eigenvalue weighted by atomic mass is 32.2. The molecule has 0 bridgehead atoms. The molecule has 3 nitrogen and oxygen atoms in total. The summed E-state index contributed by atoms with van der Waals surface area (Å²) in [6.07, 6.45) is 16.9. The predicted octanol–water partition coefficient (Wildman–Crippen LogP) is 12.2. The second-order valence-electron chi connectivity index (χ2n) is 14.2. The number of hydrogen-bond donors (Lipinski definition) is 2. The Morgan fingerprint density at radius 3 is 2.35 bits per heavy atom. The van der Waals surface area contributed by atoms with Gasteiger partial charge in [-0.1, -0.05) is 133 Å². The van der Waals surface area contributed by atoms with Crippen LogP contribution in [0.1, 0.15) is 73.8 Å². The van der Waals surface area contributed by atoms with Crippen molar-refractivity contribution in [3.05, 3.63) is 179 Å². The molecular formula is C48H61N3S. The molecular weight excluding hydrogens is 651 g/mol. The molecule has 2 N–H and O–H groups in total. The fourth-order valence-corrected chi connectivity index (χ4v) is 7.91. The number of aryl methyl sites for hydroxylation is 1. The van der Waals surface area contributed by atoms with Crippen LogP contribution in [0.5, 0.6) is 0 Å². The molecule has 3 aromatic carbocycles. The van der Waals surface area contributed by atoms with E-state index in [1.165, 1.54) is 49.4 Å². The SMILES string of the molecule is C=CC(C(=C)C/C(=C\C)CCN(C)CCC(=C)Nc1ccc(CNCCc2ccc(C)c(C)c2SC(=C)C)cc1)(C1=CC=CCC1)c1ccccc1. The van der Waals surface area contributed by atoms with Gasteiger partial charge in [0.1, 0.15) is 0 Å². The van der Waals surface area contributed by atoms with Crippen molar-refractivity contribution in [3.8, 4) is 0 Å². The molecule has 0 aliphatic heterocycles. The second kappa shape index (κ2) is 20.2. The summed E-state index contributed by atoms with van der Waals surface area (Å²) in [5.41, 5.74) is 12.3. The van der Waals surface area contributed by atoms with Crippen LogP contribution in [0.4, 0.5) is 5.69 Å². The van der Waals surface area contributed by atoms with Gasteiger partial charge in [0.25, 0.3) is 0 Å². The van der Waals surface area contributed by atoms with Crippen LogP contribution in [0.15, 0.2) is 156 Å². The summed E-state index contributed by atoms with van der Waals surface area (Å²) >= 11 is 1.79. The van der Waals surface area contributed by atoms with Crippen LogP contribution < -0.4 is 10.6 Å². The van der Waals surface area contributed by atoms with Gasteiger partial charge in [-0.25, -0.2) is 0 Å². The molecule has 1 aliphatic carbocycles. The van der Waals surface area contributed by atoms with Gasteiger partial charge < -0.3 is 15.5 Å². The van der Waals surface area contributed by atoms with Crippen molar-refractivity contribution in [1.82, 2.24) is 10.2 Å². The third kappa shape index (κ3) is 11.2. The van der Waals surface area contributed by atoms with E-state index >= 15 is 0 Å². The van der Waals surface area contributed by atoms with E-state index < -0.39 is 0 Å². The molecule has 0 radical (unpaired) electrons. The van der Waals surface area contributed by atoms with Crippen molar-refractivity contribution in [2.24, 2.45) is 0 Å². The first kappa shape index (κ1) is 40.7. The third-order valence-corrected chi connectivity index (χ3v) is 11.4. The molecule has 1 atom stereocenters. The molecule has 3 aromatic rings. The summed E-state index contributed by atoms with van der Waals surface area (Å²) in [6, 6.07) is 24.0. The van der Waals surface area contributed by atoms with Gasteiger partial charge >= 0.3 is 0 Å². The molecule has 1 unspecified atom stereocenters. The van der Waals surface area contributed by atoms with E-state index in [9.17, 15) is 0 Å². The first-order valence-electron chi connectivity index (χ1n) is 18.8. The van der Waals surface area contributed by atoms with Gasteiger partial charge in [-0.2, -0.15) is 0 Å². The van der Waals surface area contributed by atoms with Crippen LogP contribution in [0, 0.1) is 13.8 Å². The van der Waals surface area contributed by atoms with E-state index in [0.29, 0.717) is 0 Å². The summed E-state index contributed by atoms with van der Waals surface area (Å²) in [5.74, 6) is 0. The van der Waals surface area contributed by atoms with E-state index in [0.717, 1.165) is 81.0 Å². The highest BCUT2D eigenvalue weighted by Gasteiger charge is 2.36. The molecule has 4 heteroatoms. The Balaban J connectivity index is 1.21. The normalized spacial score (nSPS) is 14.1. The van der Waals surface area contributed by atoms with Crippen molar-refractivity contribution < 1.29 is 0 Å². The average molecular weight is 712 g/mol. The Morgan fingerprint density at radius 1 is 0.962 bits per heavy atom. The minimum absolute atomic E-state index is 0.361. The Bertz CT molecular complexity index is 1780. The average Bonchev–Trinajstić information content (AvgIpc) is 3.15. The van der Waals surface area contributed by atoms with Gasteiger partial charge in [0, 0.05) is 35.9 Å². The molecule has 0 fully saturated rings. The largest absolute Gasteiger partial charge is 0.359 e. The van der Waals surface area contributed by atoms with Gasteiger partial charge in [0.2, 0.25) is 0 Å². The van der Waals surface area contributed by atoms with Gasteiger partial charge in [0.15, 0.2) is 0 Å². The monoisotopic (exact) mass is 711 g/mol. The second-order valence-corrected chi connectivity index (χ2v) is 15.5. The van der Waals surface area contributed by atoms with E-state index in [2.05, 4.69) is 167 Å². The van der Waals surface area contributed by atoms with Crippen molar-refractivity contribution >= 4 is 17.4 Å². The lowest BCUT2D eigenvalue weighted by molar-refractivity contribution is 0.341. The van der Waals surface area contributed by atoms with E-state index in [4.69, 9.17) is 6.58 Å². The number of anilines is 1. The van der Waals surface area contributed by atoms with Crippen LogP contribution in [0.2, 0.25) is 0 Å². The maximum absolute atomic E-state index is 4.70. The number of allylic oxidation sites excluding steroid dienone is 8. The fraction of sp³-hybridized carbons (Fsp3) is 0.333. The maximum Gasteiger partial charge on any atom is 0.0552 e. The van der Waals surface area contributed by atoms with Crippen molar-refractivity contribution in [2.45, 2.75) is 83.1 Å². The van der Waals surface area contributed by atoms with Gasteiger partial charge in [0.05, 0.1) is 5.41 Å². The van der Waals surface area contributed by atoms with Crippen LogP contribution in [-0.4, -0.2) is 31.6 Å². The number of hydrogen-bond acceptors (Lipinski definition) is 4. The summed E-state index contributed by atoms with van der Waals surface area (Å²) in [7, 11) is 2.20. The fourth-order valence-electron chi connectivity index (χ4n) is 6.95. The molecule has 4 rings (SSSR count). The molecule has 274 valence electrons. The van der Waals surface area contributed by atoms with Crippen molar-refractivity contribution in [1.29, 1.82) is 0 Å². The Morgan fingerprint density at radius 2 is 1.69 bits per heavy atom. The number of benzene rings is 3. The Labute approximate surface area is 320 Å². The van der Waals surface area contributed by atoms with Crippen molar-refractivity contribution in [3.63, 3.8) is 0 Å². The zero-order chi connectivity index (χ0) is 37.5. The molecule has 0 saturated carbocycles. The van der Waals surface area contributed by atoms with E-state index in [1.807, 2.05) is 0 Å². The molecule has 0 heterocycles. The minimum atomic E-state index is -0.361. The van der Waals surface area contributed by atoms with Crippen LogP contribution >= 0.6 is 11.8 Å². The Hall–Kier alpha value is -4.09.